The van der Waals surface area contributed by atoms with Crippen molar-refractivity contribution in [3.8, 4) is 0 Å². The number of nitrogens with zero attached hydrogens (tertiary/aromatic N) is 4. The van der Waals surface area contributed by atoms with E-state index in [1.54, 1.807) is 12.4 Å². The summed E-state index contributed by atoms with van der Waals surface area (Å²) in [6.07, 6.45) is 3.49. The van der Waals surface area contributed by atoms with Crippen LogP contribution in [0.2, 0.25) is 0 Å². The molecule has 0 saturated carbocycles. The summed E-state index contributed by atoms with van der Waals surface area (Å²) in [4.78, 5) is 12.9. The van der Waals surface area contributed by atoms with E-state index >= 15 is 0 Å². The molecule has 0 fully saturated rings. The smallest absolute Gasteiger partial charge is 0.225 e. The van der Waals surface area contributed by atoms with Gasteiger partial charge in [0, 0.05) is 36.3 Å². The molecule has 0 atom stereocenters. The van der Waals surface area contributed by atoms with E-state index in [0.717, 1.165) is 17.0 Å². The molecule has 2 N–H and O–H groups in total. The van der Waals surface area contributed by atoms with Gasteiger partial charge in [-0.1, -0.05) is 30.3 Å². The highest BCUT2D eigenvalue weighted by atomic mass is 15.3. The maximum atomic E-state index is 4.46. The minimum Gasteiger partial charge on any atom is -0.350 e. The fourth-order valence-corrected chi connectivity index (χ4v) is 2.28. The van der Waals surface area contributed by atoms with Gasteiger partial charge in [-0.3, -0.25) is 10.4 Å². The van der Waals surface area contributed by atoms with Crippen LogP contribution in [0.3, 0.4) is 0 Å². The first-order chi connectivity index (χ1) is 12.2. The van der Waals surface area contributed by atoms with E-state index in [9.17, 15) is 0 Å². The number of rotatable bonds is 6. The molecule has 0 radical (unpaired) electrons. The van der Waals surface area contributed by atoms with Crippen LogP contribution in [0.25, 0.3) is 0 Å². The summed E-state index contributed by atoms with van der Waals surface area (Å²) >= 11 is 0. The van der Waals surface area contributed by atoms with E-state index in [0.29, 0.717) is 18.3 Å². The standard InChI is InChI=1S/C19H20N6/c1-14-12-18(25-24-15(2)17-8-10-20-11-9-17)23-19(22-14)21-13-16-6-4-3-5-7-16/h3-12H,13H2,1-2H3,(H2,21,22,23,25)/b24-15-. The van der Waals surface area contributed by atoms with Gasteiger partial charge in [-0.2, -0.15) is 10.1 Å². The number of hydrogen-bond acceptors (Lipinski definition) is 6. The molecule has 3 aromatic rings. The van der Waals surface area contributed by atoms with E-state index in [4.69, 9.17) is 0 Å². The number of pyridine rings is 1. The van der Waals surface area contributed by atoms with Crippen molar-refractivity contribution in [1.29, 1.82) is 0 Å². The summed E-state index contributed by atoms with van der Waals surface area (Å²) in [5, 5.41) is 7.63. The lowest BCUT2D eigenvalue weighted by Gasteiger charge is -2.08. The molecule has 1 aromatic carbocycles. The fraction of sp³-hybridized carbons (Fsp3) is 0.158. The molecule has 25 heavy (non-hydrogen) atoms. The molecule has 0 aliphatic heterocycles. The van der Waals surface area contributed by atoms with E-state index < -0.39 is 0 Å². The number of nitrogens with one attached hydrogen (secondary N) is 2. The number of hydrazone groups is 1. The molecule has 0 aliphatic carbocycles. The molecule has 0 unspecified atom stereocenters. The monoisotopic (exact) mass is 332 g/mol. The SMILES string of the molecule is C/C(=N/Nc1cc(C)nc(NCc2ccccc2)n1)c1ccncc1. The summed E-state index contributed by atoms with van der Waals surface area (Å²) in [5.74, 6) is 1.22. The number of anilines is 2. The molecule has 6 heteroatoms. The second-order valence-corrected chi connectivity index (χ2v) is 5.60. The largest absolute Gasteiger partial charge is 0.350 e. The average molecular weight is 332 g/mol. The maximum absolute atomic E-state index is 4.46. The number of benzene rings is 1. The van der Waals surface area contributed by atoms with Gasteiger partial charge < -0.3 is 5.32 Å². The van der Waals surface area contributed by atoms with Gasteiger partial charge in [-0.15, -0.1) is 0 Å². The highest BCUT2D eigenvalue weighted by molar-refractivity contribution is 5.98. The van der Waals surface area contributed by atoms with Gasteiger partial charge in [0.2, 0.25) is 5.95 Å². The Bertz CT molecular complexity index is 846. The third-order valence-corrected chi connectivity index (χ3v) is 3.58. The lowest BCUT2D eigenvalue weighted by atomic mass is 10.2. The Morgan fingerprint density at radius 1 is 1.04 bits per heavy atom. The minimum absolute atomic E-state index is 0.572. The van der Waals surface area contributed by atoms with E-state index in [1.165, 1.54) is 5.56 Å². The van der Waals surface area contributed by atoms with Gasteiger partial charge in [-0.25, -0.2) is 4.98 Å². The van der Waals surface area contributed by atoms with E-state index in [2.05, 4.69) is 42.9 Å². The van der Waals surface area contributed by atoms with Crippen molar-refractivity contribution in [3.05, 3.63) is 77.7 Å². The van der Waals surface area contributed by atoms with Gasteiger partial charge in [0.25, 0.3) is 0 Å². The van der Waals surface area contributed by atoms with Crippen molar-refractivity contribution >= 4 is 17.5 Å². The Morgan fingerprint density at radius 3 is 2.56 bits per heavy atom. The third kappa shape index (κ3) is 4.84. The van der Waals surface area contributed by atoms with Crippen molar-refractivity contribution in [1.82, 2.24) is 15.0 Å². The molecule has 2 aromatic heterocycles. The normalized spacial score (nSPS) is 11.2. The lowest BCUT2D eigenvalue weighted by molar-refractivity contribution is 1.02. The van der Waals surface area contributed by atoms with E-state index in [1.807, 2.05) is 50.2 Å². The molecule has 2 heterocycles. The quantitative estimate of drug-likeness (QED) is 0.532. The van der Waals surface area contributed by atoms with Crippen LogP contribution in [0.4, 0.5) is 11.8 Å². The first-order valence-corrected chi connectivity index (χ1v) is 8.05. The zero-order valence-electron chi connectivity index (χ0n) is 14.3. The van der Waals surface area contributed by atoms with Crippen molar-refractivity contribution in [2.45, 2.75) is 20.4 Å². The molecular formula is C19H20N6. The van der Waals surface area contributed by atoms with Crippen molar-refractivity contribution in [2.24, 2.45) is 5.10 Å². The molecule has 126 valence electrons. The van der Waals surface area contributed by atoms with Crippen LogP contribution in [0.5, 0.6) is 0 Å². The number of aromatic nitrogens is 3. The second kappa shape index (κ2) is 8.01. The number of hydrogen-bond donors (Lipinski definition) is 2. The van der Waals surface area contributed by atoms with Crippen LogP contribution in [-0.2, 0) is 6.54 Å². The van der Waals surface area contributed by atoms with Gasteiger partial charge in [0.05, 0.1) is 5.71 Å². The van der Waals surface area contributed by atoms with Crippen LogP contribution in [0, 0.1) is 6.92 Å². The summed E-state index contributed by atoms with van der Waals surface area (Å²) in [6, 6.07) is 15.8. The molecule has 6 nitrogen and oxygen atoms in total. The molecule has 0 bridgehead atoms. The Hall–Kier alpha value is -3.28. The highest BCUT2D eigenvalue weighted by Crippen LogP contribution is 2.11. The fourth-order valence-electron chi connectivity index (χ4n) is 2.28. The third-order valence-electron chi connectivity index (χ3n) is 3.58. The minimum atomic E-state index is 0.572. The average Bonchev–Trinajstić information content (AvgIpc) is 2.66. The molecule has 0 saturated heterocycles. The van der Waals surface area contributed by atoms with Crippen molar-refractivity contribution in [3.63, 3.8) is 0 Å². The summed E-state index contributed by atoms with van der Waals surface area (Å²) in [5.41, 5.74) is 6.91. The Kier molecular flexibility index (Phi) is 5.31. The predicted molar refractivity (Wildman–Crippen MR) is 101 cm³/mol. The lowest BCUT2D eigenvalue weighted by Crippen LogP contribution is -2.07. The van der Waals surface area contributed by atoms with Crippen LogP contribution >= 0.6 is 0 Å². The van der Waals surface area contributed by atoms with Gasteiger partial charge >= 0.3 is 0 Å². The molecule has 3 rings (SSSR count). The zero-order chi connectivity index (χ0) is 17.5. The van der Waals surface area contributed by atoms with Crippen LogP contribution in [-0.4, -0.2) is 20.7 Å². The summed E-state index contributed by atoms with van der Waals surface area (Å²) in [7, 11) is 0. The molecule has 0 spiro atoms. The van der Waals surface area contributed by atoms with Gasteiger partial charge in [0.15, 0.2) is 5.82 Å². The molecule has 0 amide bonds. The summed E-state index contributed by atoms with van der Waals surface area (Å²) < 4.78 is 0. The predicted octanol–water partition coefficient (Wildman–Crippen LogP) is 3.63. The van der Waals surface area contributed by atoms with Crippen molar-refractivity contribution in [2.75, 3.05) is 10.7 Å². The van der Waals surface area contributed by atoms with Gasteiger partial charge in [0.1, 0.15) is 0 Å². The second-order valence-electron chi connectivity index (χ2n) is 5.60. The highest BCUT2D eigenvalue weighted by Gasteiger charge is 2.03. The Labute approximate surface area is 147 Å². The Morgan fingerprint density at radius 2 is 1.80 bits per heavy atom. The first kappa shape index (κ1) is 16.6. The molecule has 0 aliphatic rings. The summed E-state index contributed by atoms with van der Waals surface area (Å²) in [6.45, 7) is 4.54. The van der Waals surface area contributed by atoms with Crippen LogP contribution in [0.1, 0.15) is 23.7 Å². The molecular weight excluding hydrogens is 312 g/mol. The van der Waals surface area contributed by atoms with Crippen LogP contribution in [0.15, 0.2) is 66.0 Å². The zero-order valence-corrected chi connectivity index (χ0v) is 14.3. The maximum Gasteiger partial charge on any atom is 0.225 e. The van der Waals surface area contributed by atoms with E-state index in [-0.39, 0.29) is 0 Å². The van der Waals surface area contributed by atoms with Crippen LogP contribution < -0.4 is 10.7 Å². The first-order valence-electron chi connectivity index (χ1n) is 8.05. The number of aryl methyl sites for hydroxylation is 1. The van der Waals surface area contributed by atoms with Crippen molar-refractivity contribution < 1.29 is 0 Å². The Balaban J connectivity index is 1.69. The van der Waals surface area contributed by atoms with Gasteiger partial charge in [-0.05, 0) is 31.5 Å². The topological polar surface area (TPSA) is 75.1 Å².